The highest BCUT2D eigenvalue weighted by atomic mass is 32.2. The van der Waals surface area contributed by atoms with Crippen molar-refractivity contribution in [1.82, 2.24) is 4.90 Å². The average Bonchev–Trinajstić information content (AvgIpc) is 2.86. The van der Waals surface area contributed by atoms with Crippen LogP contribution in [0.25, 0.3) is 0 Å². The molecule has 0 unspecified atom stereocenters. The second-order valence-electron chi connectivity index (χ2n) is 5.33. The summed E-state index contributed by atoms with van der Waals surface area (Å²) in [5.41, 5.74) is -0.732. The van der Waals surface area contributed by atoms with Crippen LogP contribution >= 0.6 is 11.8 Å². The summed E-state index contributed by atoms with van der Waals surface area (Å²) >= 11 is 1.51. The van der Waals surface area contributed by atoms with Crippen LogP contribution in [0.1, 0.15) is 32.6 Å². The van der Waals surface area contributed by atoms with Gasteiger partial charge in [-0.15, -0.1) is 11.8 Å². The minimum absolute atomic E-state index is 0.0548. The number of thioether (sulfide) groups is 1. The van der Waals surface area contributed by atoms with Crippen molar-refractivity contribution in [3.05, 3.63) is 0 Å². The molecule has 5 nitrogen and oxygen atoms in total. The molecule has 0 radical (unpaired) electrons. The van der Waals surface area contributed by atoms with E-state index in [2.05, 4.69) is 0 Å². The zero-order valence-corrected chi connectivity index (χ0v) is 12.1. The number of nitrogens with zero attached hydrogens (tertiary/aromatic N) is 1. The number of amides is 1. The van der Waals surface area contributed by atoms with Crippen molar-refractivity contribution in [2.75, 3.05) is 19.4 Å². The molecule has 0 N–H and O–H groups in total. The molecule has 0 aromatic heterocycles. The molecule has 19 heavy (non-hydrogen) atoms. The second kappa shape index (κ2) is 4.38. The van der Waals surface area contributed by atoms with Crippen LogP contribution in [0.2, 0.25) is 0 Å². The number of rotatable bonds is 3. The highest BCUT2D eigenvalue weighted by molar-refractivity contribution is 8.01. The van der Waals surface area contributed by atoms with Crippen molar-refractivity contribution in [3.8, 4) is 0 Å². The Bertz CT molecular complexity index is 429. The summed E-state index contributed by atoms with van der Waals surface area (Å²) in [5.74, 6) is 0.260. The molecule has 3 heterocycles. The molecule has 2 bridgehead atoms. The number of ether oxygens (including phenoxy) is 2. The Kier molecular flexibility index (Phi) is 3.05. The maximum absolute atomic E-state index is 12.6. The molecule has 3 fully saturated rings. The SMILES string of the molecule is CCS[C@]12C[C@@H](C(=O)OC)[C@@]3(CCCCN3C1=O)O2. The van der Waals surface area contributed by atoms with E-state index in [1.807, 2.05) is 6.92 Å². The van der Waals surface area contributed by atoms with Gasteiger partial charge in [-0.05, 0) is 25.0 Å². The lowest BCUT2D eigenvalue weighted by molar-refractivity contribution is -0.170. The summed E-state index contributed by atoms with van der Waals surface area (Å²) in [6, 6.07) is 0. The van der Waals surface area contributed by atoms with Gasteiger partial charge in [0.05, 0.1) is 7.11 Å². The summed E-state index contributed by atoms with van der Waals surface area (Å²) in [5, 5.41) is 0. The summed E-state index contributed by atoms with van der Waals surface area (Å²) in [6.45, 7) is 2.70. The molecule has 3 rings (SSSR count). The van der Waals surface area contributed by atoms with E-state index < -0.39 is 10.7 Å². The van der Waals surface area contributed by atoms with Crippen LogP contribution in [0, 0.1) is 5.92 Å². The minimum Gasteiger partial charge on any atom is -0.469 e. The van der Waals surface area contributed by atoms with E-state index in [0.717, 1.165) is 25.0 Å². The van der Waals surface area contributed by atoms with E-state index in [4.69, 9.17) is 9.47 Å². The van der Waals surface area contributed by atoms with Gasteiger partial charge in [-0.2, -0.15) is 0 Å². The molecule has 0 saturated carbocycles. The highest BCUT2D eigenvalue weighted by Gasteiger charge is 2.73. The lowest BCUT2D eigenvalue weighted by atomic mass is 9.82. The predicted molar refractivity (Wildman–Crippen MR) is 70.4 cm³/mol. The lowest BCUT2D eigenvalue weighted by Crippen LogP contribution is -2.59. The van der Waals surface area contributed by atoms with Crippen LogP contribution in [0.3, 0.4) is 0 Å². The van der Waals surface area contributed by atoms with E-state index in [1.54, 1.807) is 4.90 Å². The fourth-order valence-corrected chi connectivity index (χ4v) is 4.86. The summed E-state index contributed by atoms with van der Waals surface area (Å²) in [6.07, 6.45) is 3.17. The molecular weight excluding hydrogens is 266 g/mol. The van der Waals surface area contributed by atoms with Gasteiger partial charge >= 0.3 is 5.97 Å². The first kappa shape index (κ1) is 13.2. The lowest BCUT2D eigenvalue weighted by Gasteiger charge is -2.43. The largest absolute Gasteiger partial charge is 0.469 e. The summed E-state index contributed by atoms with van der Waals surface area (Å²) in [7, 11) is 1.40. The molecule has 0 aliphatic carbocycles. The third-order valence-electron chi connectivity index (χ3n) is 4.42. The number of carbonyl (C=O) groups excluding carboxylic acids is 2. The molecular formula is C13H19NO4S. The maximum Gasteiger partial charge on any atom is 0.313 e. The van der Waals surface area contributed by atoms with Crippen molar-refractivity contribution < 1.29 is 19.1 Å². The predicted octanol–water partition coefficient (Wildman–Crippen LogP) is 1.37. The Labute approximate surface area is 117 Å². The monoisotopic (exact) mass is 285 g/mol. The van der Waals surface area contributed by atoms with E-state index >= 15 is 0 Å². The summed E-state index contributed by atoms with van der Waals surface area (Å²) in [4.78, 5) is 25.6. The summed E-state index contributed by atoms with van der Waals surface area (Å²) < 4.78 is 11.1. The Hall–Kier alpha value is -0.750. The molecule has 1 amide bonds. The first-order valence-corrected chi connectivity index (χ1v) is 7.82. The Morgan fingerprint density at radius 3 is 3.05 bits per heavy atom. The van der Waals surface area contributed by atoms with E-state index in [1.165, 1.54) is 18.9 Å². The van der Waals surface area contributed by atoms with Crippen LogP contribution < -0.4 is 0 Å². The number of esters is 1. The molecule has 1 spiro atoms. The third kappa shape index (κ3) is 1.59. The average molecular weight is 285 g/mol. The molecule has 0 aromatic rings. The normalized spacial score (nSPS) is 40.4. The van der Waals surface area contributed by atoms with Gasteiger partial charge in [0.25, 0.3) is 5.91 Å². The van der Waals surface area contributed by atoms with Crippen molar-refractivity contribution in [2.45, 2.75) is 43.3 Å². The molecule has 3 aliphatic rings. The van der Waals surface area contributed by atoms with Gasteiger partial charge in [0.2, 0.25) is 0 Å². The van der Waals surface area contributed by atoms with E-state index in [9.17, 15) is 9.59 Å². The quantitative estimate of drug-likeness (QED) is 0.733. The molecule has 106 valence electrons. The van der Waals surface area contributed by atoms with E-state index in [0.29, 0.717) is 13.0 Å². The first-order valence-electron chi connectivity index (χ1n) is 6.83. The topological polar surface area (TPSA) is 55.8 Å². The maximum atomic E-state index is 12.6. The smallest absolute Gasteiger partial charge is 0.313 e. The Morgan fingerprint density at radius 2 is 2.37 bits per heavy atom. The Balaban J connectivity index is 2.00. The third-order valence-corrected chi connectivity index (χ3v) is 5.60. The van der Waals surface area contributed by atoms with Crippen LogP contribution in [0.4, 0.5) is 0 Å². The molecule has 3 aliphatic heterocycles. The Morgan fingerprint density at radius 1 is 1.58 bits per heavy atom. The number of fused-ring (bicyclic) bond motifs is 1. The van der Waals surface area contributed by atoms with Gasteiger partial charge in [0.1, 0.15) is 5.92 Å². The van der Waals surface area contributed by atoms with Gasteiger partial charge < -0.3 is 14.4 Å². The van der Waals surface area contributed by atoms with Crippen LogP contribution in [-0.2, 0) is 19.1 Å². The van der Waals surface area contributed by atoms with Crippen molar-refractivity contribution in [2.24, 2.45) is 5.92 Å². The van der Waals surface area contributed by atoms with Crippen molar-refractivity contribution >= 4 is 23.6 Å². The van der Waals surface area contributed by atoms with Crippen molar-refractivity contribution in [3.63, 3.8) is 0 Å². The van der Waals surface area contributed by atoms with Crippen LogP contribution in [-0.4, -0.2) is 46.8 Å². The fraction of sp³-hybridized carbons (Fsp3) is 0.846. The van der Waals surface area contributed by atoms with Gasteiger partial charge in [0.15, 0.2) is 10.7 Å². The number of hydrogen-bond acceptors (Lipinski definition) is 5. The van der Waals surface area contributed by atoms with Crippen LogP contribution in [0.15, 0.2) is 0 Å². The standard InChI is InChI=1S/C13H19NO4S/c1-3-19-13-8-9(10(15)17-2)12(18-13)6-4-5-7-14(12)11(13)16/h9H,3-8H2,1-2H3/t9-,12+,13+/m0/s1. The van der Waals surface area contributed by atoms with Gasteiger partial charge in [-0.3, -0.25) is 9.59 Å². The van der Waals surface area contributed by atoms with E-state index in [-0.39, 0.29) is 17.8 Å². The van der Waals surface area contributed by atoms with Crippen molar-refractivity contribution in [1.29, 1.82) is 0 Å². The zero-order chi connectivity index (χ0) is 13.7. The number of piperidine rings is 2. The number of carbonyl (C=O) groups is 2. The minimum atomic E-state index is -0.849. The van der Waals surface area contributed by atoms with Gasteiger partial charge in [-0.1, -0.05) is 6.92 Å². The van der Waals surface area contributed by atoms with Gasteiger partial charge in [0, 0.05) is 13.0 Å². The first-order chi connectivity index (χ1) is 9.09. The molecule has 6 heteroatoms. The number of methoxy groups -OCH3 is 1. The molecule has 0 aromatic carbocycles. The molecule has 3 atom stereocenters. The van der Waals surface area contributed by atoms with Gasteiger partial charge in [-0.25, -0.2) is 0 Å². The molecule has 3 saturated heterocycles. The zero-order valence-electron chi connectivity index (χ0n) is 11.3. The highest BCUT2D eigenvalue weighted by Crippen LogP contribution is 2.59. The fourth-order valence-electron chi connectivity index (χ4n) is 3.67. The number of hydrogen-bond donors (Lipinski definition) is 0. The second-order valence-corrected chi connectivity index (χ2v) is 6.85. The van der Waals surface area contributed by atoms with Crippen LogP contribution in [0.5, 0.6) is 0 Å².